The number of amides is 2. The number of carbonyl (C=O) groups excluding carboxylic acids is 2. The van der Waals surface area contributed by atoms with Crippen LogP contribution in [0.25, 0.3) is 17.1 Å². The predicted octanol–water partition coefficient (Wildman–Crippen LogP) is 5.57. The lowest BCUT2D eigenvalue weighted by Gasteiger charge is -2.40. The highest BCUT2D eigenvalue weighted by Gasteiger charge is 2.31. The van der Waals surface area contributed by atoms with Crippen LogP contribution in [0, 0.1) is 11.3 Å². The topological polar surface area (TPSA) is 89.8 Å². The smallest absolute Gasteiger partial charge is 0.233 e. The third-order valence-corrected chi connectivity index (χ3v) is 8.31. The standard InChI is InChI=1S/C32H43N5O4S/c1-22(19-32(3,4)5)17-28(38)36-16-15-35(20-23(36)2)29(39)21-42-31-34-33-30(24-9-8-10-27(18-24)41-7)37(31)25-11-13-26(40-6)14-12-25/h8-14,18,22-23H,15-17,19-21H2,1-7H3. The van der Waals surface area contributed by atoms with Crippen molar-refractivity contribution in [2.45, 2.75) is 58.7 Å². The van der Waals surface area contributed by atoms with Crippen molar-refractivity contribution in [3.8, 4) is 28.6 Å². The summed E-state index contributed by atoms with van der Waals surface area (Å²) in [6.45, 7) is 12.4. The summed E-state index contributed by atoms with van der Waals surface area (Å²) in [5, 5.41) is 9.57. The maximum Gasteiger partial charge on any atom is 0.233 e. The van der Waals surface area contributed by atoms with Crippen LogP contribution in [0.5, 0.6) is 11.5 Å². The van der Waals surface area contributed by atoms with Crippen molar-refractivity contribution >= 4 is 23.6 Å². The van der Waals surface area contributed by atoms with Gasteiger partial charge in [0.05, 0.1) is 20.0 Å². The van der Waals surface area contributed by atoms with E-state index < -0.39 is 0 Å². The minimum atomic E-state index is -0.0235. The Balaban J connectivity index is 1.44. The van der Waals surface area contributed by atoms with E-state index in [4.69, 9.17) is 9.47 Å². The Hall–Kier alpha value is -3.53. The third-order valence-electron chi connectivity index (χ3n) is 7.40. The summed E-state index contributed by atoms with van der Waals surface area (Å²) in [6.07, 6.45) is 1.55. The van der Waals surface area contributed by atoms with Crippen LogP contribution < -0.4 is 9.47 Å². The lowest BCUT2D eigenvalue weighted by molar-refractivity contribution is -0.142. The summed E-state index contributed by atoms with van der Waals surface area (Å²) in [6, 6.07) is 15.3. The number of methoxy groups -OCH3 is 2. The summed E-state index contributed by atoms with van der Waals surface area (Å²) in [7, 11) is 3.26. The van der Waals surface area contributed by atoms with Crippen LogP contribution in [0.3, 0.4) is 0 Å². The van der Waals surface area contributed by atoms with E-state index in [1.807, 2.05) is 69.8 Å². The molecule has 10 heteroatoms. The van der Waals surface area contributed by atoms with Crippen molar-refractivity contribution in [1.29, 1.82) is 0 Å². The minimum Gasteiger partial charge on any atom is -0.497 e. The summed E-state index contributed by atoms with van der Waals surface area (Å²) in [5.41, 5.74) is 1.90. The molecule has 226 valence electrons. The molecular weight excluding hydrogens is 550 g/mol. The largest absolute Gasteiger partial charge is 0.497 e. The number of benzene rings is 2. The fourth-order valence-electron chi connectivity index (χ4n) is 5.58. The normalized spacial score (nSPS) is 16.3. The molecule has 42 heavy (non-hydrogen) atoms. The molecule has 2 heterocycles. The molecule has 9 nitrogen and oxygen atoms in total. The second-order valence-corrected chi connectivity index (χ2v) is 13.2. The van der Waals surface area contributed by atoms with Gasteiger partial charge in [-0.05, 0) is 61.1 Å². The van der Waals surface area contributed by atoms with Gasteiger partial charge in [0.25, 0.3) is 0 Å². The van der Waals surface area contributed by atoms with Crippen molar-refractivity contribution < 1.29 is 19.1 Å². The van der Waals surface area contributed by atoms with Crippen LogP contribution in [0.1, 0.15) is 47.5 Å². The van der Waals surface area contributed by atoms with E-state index in [1.54, 1.807) is 14.2 Å². The molecule has 0 spiro atoms. The van der Waals surface area contributed by atoms with Crippen LogP contribution in [-0.4, -0.2) is 82.0 Å². The van der Waals surface area contributed by atoms with Crippen molar-refractivity contribution in [2.75, 3.05) is 39.6 Å². The van der Waals surface area contributed by atoms with E-state index in [0.717, 1.165) is 29.2 Å². The Labute approximate surface area is 253 Å². The van der Waals surface area contributed by atoms with Crippen LogP contribution in [0.4, 0.5) is 0 Å². The molecule has 0 radical (unpaired) electrons. The molecule has 1 aliphatic heterocycles. The summed E-state index contributed by atoms with van der Waals surface area (Å²) in [5.74, 6) is 2.85. The molecule has 1 saturated heterocycles. The van der Waals surface area contributed by atoms with Crippen molar-refractivity contribution in [2.24, 2.45) is 11.3 Å². The number of aromatic nitrogens is 3. The van der Waals surface area contributed by atoms with Gasteiger partial charge in [0.2, 0.25) is 11.8 Å². The quantitative estimate of drug-likeness (QED) is 0.284. The molecule has 2 amide bonds. The average molecular weight is 594 g/mol. The van der Waals surface area contributed by atoms with Crippen molar-refractivity contribution in [3.05, 3.63) is 48.5 Å². The number of thioether (sulfide) groups is 1. The number of hydrogen-bond acceptors (Lipinski definition) is 7. The Morgan fingerprint density at radius 1 is 1.00 bits per heavy atom. The first-order chi connectivity index (χ1) is 20.0. The number of piperazine rings is 1. The van der Waals surface area contributed by atoms with Crippen LogP contribution >= 0.6 is 11.8 Å². The van der Waals surface area contributed by atoms with Gasteiger partial charge in [0.15, 0.2) is 11.0 Å². The summed E-state index contributed by atoms with van der Waals surface area (Å²) >= 11 is 1.36. The molecule has 1 aliphatic rings. The first-order valence-corrected chi connectivity index (χ1v) is 15.4. The zero-order valence-corrected chi connectivity index (χ0v) is 26.6. The number of ether oxygens (including phenoxy) is 2. The van der Waals surface area contributed by atoms with Gasteiger partial charge in [0.1, 0.15) is 11.5 Å². The molecule has 1 fully saturated rings. The number of nitrogens with zero attached hydrogens (tertiary/aromatic N) is 5. The monoisotopic (exact) mass is 593 g/mol. The highest BCUT2D eigenvalue weighted by molar-refractivity contribution is 7.99. The van der Waals surface area contributed by atoms with Crippen molar-refractivity contribution in [3.63, 3.8) is 0 Å². The van der Waals surface area contributed by atoms with E-state index in [-0.39, 0.29) is 29.0 Å². The van der Waals surface area contributed by atoms with E-state index in [9.17, 15) is 9.59 Å². The highest BCUT2D eigenvalue weighted by atomic mass is 32.2. The second kappa shape index (κ2) is 13.6. The number of carbonyl (C=O) groups is 2. The molecule has 4 rings (SSSR count). The Morgan fingerprint density at radius 2 is 1.71 bits per heavy atom. The average Bonchev–Trinajstić information content (AvgIpc) is 3.38. The molecular formula is C32H43N5O4S. The van der Waals surface area contributed by atoms with Crippen LogP contribution in [-0.2, 0) is 9.59 Å². The molecule has 3 aromatic rings. The molecule has 1 aromatic heterocycles. The Kier molecular flexibility index (Phi) is 10.2. The van der Waals surface area contributed by atoms with E-state index >= 15 is 0 Å². The fraction of sp³-hybridized carbons (Fsp3) is 0.500. The molecule has 0 saturated carbocycles. The van der Waals surface area contributed by atoms with E-state index in [2.05, 4.69) is 37.9 Å². The third kappa shape index (κ3) is 7.85. The maximum absolute atomic E-state index is 13.3. The molecule has 2 atom stereocenters. The predicted molar refractivity (Wildman–Crippen MR) is 166 cm³/mol. The van der Waals surface area contributed by atoms with Crippen LogP contribution in [0.15, 0.2) is 53.7 Å². The van der Waals surface area contributed by atoms with E-state index in [0.29, 0.717) is 43.0 Å². The number of hydrogen-bond donors (Lipinski definition) is 0. The zero-order chi connectivity index (χ0) is 30.4. The van der Waals surface area contributed by atoms with E-state index in [1.165, 1.54) is 11.8 Å². The Bertz CT molecular complexity index is 1370. The van der Waals surface area contributed by atoms with Gasteiger partial charge >= 0.3 is 0 Å². The highest BCUT2D eigenvalue weighted by Crippen LogP contribution is 2.31. The molecule has 0 bridgehead atoms. The zero-order valence-electron chi connectivity index (χ0n) is 25.8. The fourth-order valence-corrected chi connectivity index (χ4v) is 6.44. The lowest BCUT2D eigenvalue weighted by Crippen LogP contribution is -2.56. The SMILES string of the molecule is COc1ccc(-n2c(SCC(=O)N3CCN(C(=O)CC(C)CC(C)(C)C)C(C)C3)nnc2-c2cccc(OC)c2)cc1. The molecule has 2 unspecified atom stereocenters. The Morgan fingerprint density at radius 3 is 2.36 bits per heavy atom. The molecule has 2 aromatic carbocycles. The van der Waals surface area contributed by atoms with Gasteiger partial charge in [-0.15, -0.1) is 10.2 Å². The van der Waals surface area contributed by atoms with Gasteiger partial charge in [-0.3, -0.25) is 14.2 Å². The van der Waals surface area contributed by atoms with Gasteiger partial charge in [-0.1, -0.05) is 51.6 Å². The first-order valence-electron chi connectivity index (χ1n) is 14.4. The molecule has 0 aliphatic carbocycles. The molecule has 0 N–H and O–H groups in total. The lowest BCUT2D eigenvalue weighted by atomic mass is 9.84. The second-order valence-electron chi connectivity index (χ2n) is 12.2. The van der Waals surface area contributed by atoms with Gasteiger partial charge in [-0.2, -0.15) is 0 Å². The maximum atomic E-state index is 13.3. The minimum absolute atomic E-state index is 0.0206. The van der Waals surface area contributed by atoms with Gasteiger partial charge in [0, 0.05) is 43.3 Å². The first kappa shape index (κ1) is 31.4. The number of rotatable bonds is 10. The van der Waals surface area contributed by atoms with Gasteiger partial charge in [-0.25, -0.2) is 0 Å². The van der Waals surface area contributed by atoms with Crippen LogP contribution in [0.2, 0.25) is 0 Å². The van der Waals surface area contributed by atoms with Gasteiger partial charge < -0.3 is 19.3 Å². The summed E-state index contributed by atoms with van der Waals surface area (Å²) < 4.78 is 12.7. The summed E-state index contributed by atoms with van der Waals surface area (Å²) in [4.78, 5) is 30.2. The van der Waals surface area contributed by atoms with Crippen molar-refractivity contribution in [1.82, 2.24) is 24.6 Å².